The van der Waals surface area contributed by atoms with Crippen molar-refractivity contribution in [3.63, 3.8) is 0 Å². The Balaban J connectivity index is 2.25. The summed E-state index contributed by atoms with van der Waals surface area (Å²) in [5.41, 5.74) is 6.61. The van der Waals surface area contributed by atoms with Crippen LogP contribution in [0.4, 0.5) is 15.8 Å². The first kappa shape index (κ1) is 15.3. The van der Waals surface area contributed by atoms with Gasteiger partial charge < -0.3 is 5.73 Å². The Morgan fingerprint density at radius 3 is 2.38 bits per heavy atom. The highest BCUT2D eigenvalue weighted by Gasteiger charge is 2.16. The molecule has 112 valence electrons. The predicted molar refractivity (Wildman–Crippen MR) is 82.1 cm³/mol. The van der Waals surface area contributed by atoms with Crippen molar-refractivity contribution in [1.82, 2.24) is 0 Å². The molecule has 0 radical (unpaired) electrons. The largest absolute Gasteiger partial charge is 0.399 e. The van der Waals surface area contributed by atoms with E-state index in [-0.39, 0.29) is 16.3 Å². The first-order valence-electron chi connectivity index (χ1n) is 6.59. The minimum absolute atomic E-state index is 0.0959. The molecular formula is C15H17FN2O2S. The lowest BCUT2D eigenvalue weighted by Gasteiger charge is -2.10. The molecule has 0 amide bonds. The fourth-order valence-electron chi connectivity index (χ4n) is 1.94. The molecule has 0 heterocycles. The Morgan fingerprint density at radius 1 is 1.14 bits per heavy atom. The SMILES string of the molecule is CCCc1ccc(S(=O)(=O)Nc2ccc(N)cc2F)cc1. The molecule has 2 aromatic carbocycles. The summed E-state index contributed by atoms with van der Waals surface area (Å²) in [4.78, 5) is 0.0959. The molecule has 0 aliphatic rings. The van der Waals surface area contributed by atoms with Gasteiger partial charge in [-0.1, -0.05) is 25.5 Å². The summed E-state index contributed by atoms with van der Waals surface area (Å²) in [6, 6.07) is 10.4. The molecule has 0 saturated heterocycles. The van der Waals surface area contributed by atoms with Crippen LogP contribution < -0.4 is 10.5 Å². The fourth-order valence-corrected chi connectivity index (χ4v) is 3.01. The van der Waals surface area contributed by atoms with Crippen molar-refractivity contribution in [2.45, 2.75) is 24.7 Å². The van der Waals surface area contributed by atoms with Crippen LogP contribution in [0.5, 0.6) is 0 Å². The van der Waals surface area contributed by atoms with E-state index in [0.717, 1.165) is 24.5 Å². The minimum atomic E-state index is -3.81. The van der Waals surface area contributed by atoms with Gasteiger partial charge in [-0.3, -0.25) is 4.72 Å². The Hall–Kier alpha value is -2.08. The molecule has 0 bridgehead atoms. The van der Waals surface area contributed by atoms with Gasteiger partial charge in [0.25, 0.3) is 10.0 Å². The molecule has 0 unspecified atom stereocenters. The summed E-state index contributed by atoms with van der Waals surface area (Å²) in [5.74, 6) is -0.707. The van der Waals surface area contributed by atoms with Crippen LogP contribution in [0.1, 0.15) is 18.9 Å². The summed E-state index contributed by atoms with van der Waals surface area (Å²) in [7, 11) is -3.81. The van der Waals surface area contributed by atoms with Crippen molar-refractivity contribution in [3.05, 3.63) is 53.8 Å². The summed E-state index contributed by atoms with van der Waals surface area (Å²) < 4.78 is 40.3. The number of hydrogen-bond donors (Lipinski definition) is 2. The van der Waals surface area contributed by atoms with Crippen LogP contribution in [0, 0.1) is 5.82 Å². The van der Waals surface area contributed by atoms with Gasteiger partial charge in [-0.15, -0.1) is 0 Å². The number of rotatable bonds is 5. The van der Waals surface area contributed by atoms with E-state index >= 15 is 0 Å². The topological polar surface area (TPSA) is 72.2 Å². The third-order valence-corrected chi connectivity index (χ3v) is 4.39. The second-order valence-corrected chi connectivity index (χ2v) is 6.42. The van der Waals surface area contributed by atoms with Gasteiger partial charge >= 0.3 is 0 Å². The number of benzene rings is 2. The van der Waals surface area contributed by atoms with E-state index in [0.29, 0.717) is 0 Å². The van der Waals surface area contributed by atoms with Gasteiger partial charge in [-0.25, -0.2) is 12.8 Å². The number of sulfonamides is 1. The maximum absolute atomic E-state index is 13.7. The van der Waals surface area contributed by atoms with Crippen LogP contribution in [0.3, 0.4) is 0 Å². The molecule has 3 N–H and O–H groups in total. The molecule has 2 rings (SSSR count). The molecular weight excluding hydrogens is 291 g/mol. The van der Waals surface area contributed by atoms with Crippen molar-refractivity contribution in [2.75, 3.05) is 10.5 Å². The molecule has 6 heteroatoms. The van der Waals surface area contributed by atoms with Crippen LogP contribution in [0.25, 0.3) is 0 Å². The predicted octanol–water partition coefficient (Wildman–Crippen LogP) is 3.16. The minimum Gasteiger partial charge on any atom is -0.399 e. The third-order valence-electron chi connectivity index (χ3n) is 3.01. The zero-order chi connectivity index (χ0) is 15.5. The number of anilines is 2. The summed E-state index contributed by atoms with van der Waals surface area (Å²) in [6.45, 7) is 2.05. The number of nitrogens with one attached hydrogen (secondary N) is 1. The molecule has 0 atom stereocenters. The van der Waals surface area contributed by atoms with E-state index in [4.69, 9.17) is 5.73 Å². The van der Waals surface area contributed by atoms with Crippen molar-refractivity contribution in [3.8, 4) is 0 Å². The van der Waals surface area contributed by atoms with Crippen LogP contribution in [-0.2, 0) is 16.4 Å². The molecule has 2 aromatic rings. The van der Waals surface area contributed by atoms with Gasteiger partial charge in [0.15, 0.2) is 0 Å². The van der Waals surface area contributed by atoms with Crippen molar-refractivity contribution >= 4 is 21.4 Å². The number of nitrogens with two attached hydrogens (primary N) is 1. The lowest BCUT2D eigenvalue weighted by atomic mass is 10.1. The lowest BCUT2D eigenvalue weighted by Crippen LogP contribution is -2.14. The highest BCUT2D eigenvalue weighted by atomic mass is 32.2. The van der Waals surface area contributed by atoms with E-state index < -0.39 is 15.8 Å². The maximum Gasteiger partial charge on any atom is 0.261 e. The average Bonchev–Trinajstić information content (AvgIpc) is 2.43. The number of hydrogen-bond acceptors (Lipinski definition) is 3. The van der Waals surface area contributed by atoms with Crippen molar-refractivity contribution in [2.24, 2.45) is 0 Å². The van der Waals surface area contributed by atoms with E-state index in [2.05, 4.69) is 11.6 Å². The van der Waals surface area contributed by atoms with Crippen molar-refractivity contribution in [1.29, 1.82) is 0 Å². The van der Waals surface area contributed by atoms with Gasteiger partial charge in [-0.2, -0.15) is 0 Å². The quantitative estimate of drug-likeness (QED) is 0.833. The smallest absolute Gasteiger partial charge is 0.261 e. The highest BCUT2D eigenvalue weighted by molar-refractivity contribution is 7.92. The molecule has 4 nitrogen and oxygen atoms in total. The van der Waals surface area contributed by atoms with Gasteiger partial charge in [0, 0.05) is 5.69 Å². The molecule has 0 saturated carbocycles. The average molecular weight is 308 g/mol. The fraction of sp³-hybridized carbons (Fsp3) is 0.200. The van der Waals surface area contributed by atoms with Gasteiger partial charge in [-0.05, 0) is 42.3 Å². The van der Waals surface area contributed by atoms with Gasteiger partial charge in [0.2, 0.25) is 0 Å². The molecule has 0 aromatic heterocycles. The molecule has 21 heavy (non-hydrogen) atoms. The maximum atomic E-state index is 13.7. The number of halogens is 1. The van der Waals surface area contributed by atoms with Crippen LogP contribution >= 0.6 is 0 Å². The highest BCUT2D eigenvalue weighted by Crippen LogP contribution is 2.21. The molecule has 0 aliphatic heterocycles. The van der Waals surface area contributed by atoms with E-state index in [1.54, 1.807) is 12.1 Å². The number of nitrogen functional groups attached to an aromatic ring is 1. The monoisotopic (exact) mass is 308 g/mol. The molecule has 0 spiro atoms. The van der Waals surface area contributed by atoms with Crippen LogP contribution in [0.15, 0.2) is 47.4 Å². The Kier molecular flexibility index (Phi) is 4.47. The van der Waals surface area contributed by atoms with Crippen molar-refractivity contribution < 1.29 is 12.8 Å². The van der Waals surface area contributed by atoms with Gasteiger partial charge in [0.1, 0.15) is 5.82 Å². The summed E-state index contributed by atoms with van der Waals surface area (Å²) >= 11 is 0. The normalized spacial score (nSPS) is 11.3. The van der Waals surface area contributed by atoms with E-state index in [1.807, 2.05) is 0 Å². The molecule has 0 aliphatic carbocycles. The number of aryl methyl sites for hydroxylation is 1. The summed E-state index contributed by atoms with van der Waals surface area (Å²) in [5, 5.41) is 0. The third kappa shape index (κ3) is 3.72. The zero-order valence-corrected chi connectivity index (χ0v) is 12.5. The van der Waals surface area contributed by atoms with E-state index in [1.165, 1.54) is 24.3 Å². The first-order chi connectivity index (χ1) is 9.92. The Labute approximate surface area is 123 Å². The first-order valence-corrected chi connectivity index (χ1v) is 8.07. The molecule has 0 fully saturated rings. The van der Waals surface area contributed by atoms with Crippen LogP contribution in [-0.4, -0.2) is 8.42 Å². The van der Waals surface area contributed by atoms with Crippen LogP contribution in [0.2, 0.25) is 0 Å². The summed E-state index contributed by atoms with van der Waals surface area (Å²) in [6.07, 6.45) is 1.88. The standard InChI is InChI=1S/C15H17FN2O2S/c1-2-3-11-4-7-13(8-5-11)21(19,20)18-15-9-6-12(17)10-14(15)16/h4-10,18H,2-3,17H2,1H3. The second-order valence-electron chi connectivity index (χ2n) is 4.74. The Morgan fingerprint density at radius 2 is 1.81 bits per heavy atom. The second kappa shape index (κ2) is 6.13. The zero-order valence-electron chi connectivity index (χ0n) is 11.6. The Bertz CT molecular complexity index is 728. The van der Waals surface area contributed by atoms with E-state index in [9.17, 15) is 12.8 Å². The lowest BCUT2D eigenvalue weighted by molar-refractivity contribution is 0.598. The van der Waals surface area contributed by atoms with Gasteiger partial charge in [0.05, 0.1) is 10.6 Å².